The number of nitrogens with zero attached hydrogens (tertiary/aromatic N) is 2. The third-order valence-electron chi connectivity index (χ3n) is 3.76. The number of carbonyl (C=O) groups is 1. The molecule has 138 valence electrons. The van der Waals surface area contributed by atoms with Gasteiger partial charge in [-0.25, -0.2) is 9.78 Å². The van der Waals surface area contributed by atoms with Gasteiger partial charge in [-0.1, -0.05) is 57.9 Å². The van der Waals surface area contributed by atoms with Crippen LogP contribution in [0.4, 0.5) is 5.95 Å². The number of benzene rings is 2. The zero-order chi connectivity index (χ0) is 19.2. The summed E-state index contributed by atoms with van der Waals surface area (Å²) < 4.78 is 6.27. The predicted molar refractivity (Wildman–Crippen MR) is 107 cm³/mol. The van der Waals surface area contributed by atoms with Gasteiger partial charge in [0, 0.05) is 22.6 Å². The van der Waals surface area contributed by atoms with Crippen molar-refractivity contribution in [1.82, 2.24) is 9.97 Å². The maximum absolute atomic E-state index is 10.8. The lowest BCUT2D eigenvalue weighted by Gasteiger charge is -2.10. The van der Waals surface area contributed by atoms with Crippen LogP contribution in [-0.4, -0.2) is 27.7 Å². The number of aryl methyl sites for hydroxylation is 1. The Morgan fingerprint density at radius 1 is 1.11 bits per heavy atom. The molecule has 7 heteroatoms. The van der Waals surface area contributed by atoms with Crippen molar-refractivity contribution in [3.8, 4) is 17.1 Å². The first-order valence-corrected chi connectivity index (χ1v) is 9.08. The van der Waals surface area contributed by atoms with Crippen LogP contribution in [0.25, 0.3) is 11.3 Å². The van der Waals surface area contributed by atoms with Crippen LogP contribution >= 0.6 is 15.9 Å². The summed E-state index contributed by atoms with van der Waals surface area (Å²) in [6.07, 6.45) is 0. The summed E-state index contributed by atoms with van der Waals surface area (Å²) in [6.45, 7) is 2.08. The zero-order valence-corrected chi connectivity index (χ0v) is 16.2. The van der Waals surface area contributed by atoms with Crippen LogP contribution in [0.5, 0.6) is 5.88 Å². The smallest absolute Gasteiger partial charge is 0.341 e. The number of rotatable bonds is 7. The van der Waals surface area contributed by atoms with Crippen molar-refractivity contribution in [3.05, 3.63) is 70.2 Å². The number of anilines is 1. The SMILES string of the molecule is Cc1ccc(-c2cc(OCC(=O)O)nc(NCc3ccc(Br)cc3)n2)cc1. The highest BCUT2D eigenvalue weighted by Crippen LogP contribution is 2.23. The van der Waals surface area contributed by atoms with Crippen LogP contribution in [0.15, 0.2) is 59.1 Å². The second kappa shape index (κ2) is 8.64. The number of carboxylic acid groups (broad SMARTS) is 1. The van der Waals surface area contributed by atoms with E-state index in [1.54, 1.807) is 6.07 Å². The Bertz CT molecular complexity index is 928. The van der Waals surface area contributed by atoms with Crippen molar-refractivity contribution in [2.75, 3.05) is 11.9 Å². The molecule has 0 saturated heterocycles. The summed E-state index contributed by atoms with van der Waals surface area (Å²) in [5.74, 6) is -0.479. The van der Waals surface area contributed by atoms with E-state index in [-0.39, 0.29) is 5.88 Å². The third-order valence-corrected chi connectivity index (χ3v) is 4.29. The van der Waals surface area contributed by atoms with Crippen LogP contribution in [0.3, 0.4) is 0 Å². The minimum Gasteiger partial charge on any atom is -0.479 e. The van der Waals surface area contributed by atoms with Gasteiger partial charge in [0.25, 0.3) is 0 Å². The predicted octanol–water partition coefficient (Wildman–Crippen LogP) is 4.29. The molecule has 0 fully saturated rings. The lowest BCUT2D eigenvalue weighted by molar-refractivity contribution is -0.139. The number of halogens is 1. The molecule has 3 aromatic rings. The normalized spacial score (nSPS) is 10.4. The summed E-state index contributed by atoms with van der Waals surface area (Å²) in [5.41, 5.74) is 3.76. The average Bonchev–Trinajstić information content (AvgIpc) is 2.66. The van der Waals surface area contributed by atoms with Crippen molar-refractivity contribution >= 4 is 27.8 Å². The number of aromatic nitrogens is 2. The standard InChI is InChI=1S/C20H18BrN3O3/c1-13-2-6-15(7-3-13)17-10-18(27-12-19(25)26)24-20(23-17)22-11-14-4-8-16(21)9-5-14/h2-10H,11-12H2,1H3,(H,25,26)(H,22,23,24). The second-order valence-corrected chi connectivity index (χ2v) is 6.86. The summed E-state index contributed by atoms with van der Waals surface area (Å²) in [5, 5.41) is 12.0. The van der Waals surface area contributed by atoms with E-state index in [9.17, 15) is 4.79 Å². The second-order valence-electron chi connectivity index (χ2n) is 5.94. The molecule has 0 atom stereocenters. The molecule has 2 N–H and O–H groups in total. The van der Waals surface area contributed by atoms with Crippen molar-refractivity contribution in [2.24, 2.45) is 0 Å². The van der Waals surface area contributed by atoms with Crippen molar-refractivity contribution in [1.29, 1.82) is 0 Å². The molecule has 0 amide bonds. The molecule has 0 saturated carbocycles. The van der Waals surface area contributed by atoms with Gasteiger partial charge >= 0.3 is 5.97 Å². The van der Waals surface area contributed by atoms with Crippen molar-refractivity contribution in [3.63, 3.8) is 0 Å². The number of nitrogens with one attached hydrogen (secondary N) is 1. The highest BCUT2D eigenvalue weighted by atomic mass is 79.9. The van der Waals surface area contributed by atoms with Crippen LogP contribution in [0, 0.1) is 6.92 Å². The average molecular weight is 428 g/mol. The van der Waals surface area contributed by atoms with E-state index in [2.05, 4.69) is 31.2 Å². The fourth-order valence-electron chi connectivity index (χ4n) is 2.37. The molecule has 0 aliphatic carbocycles. The summed E-state index contributed by atoms with van der Waals surface area (Å²) in [4.78, 5) is 19.6. The van der Waals surface area contributed by atoms with Gasteiger partial charge in [-0.15, -0.1) is 0 Å². The van der Waals surface area contributed by atoms with E-state index in [1.165, 1.54) is 0 Å². The van der Waals surface area contributed by atoms with E-state index in [0.29, 0.717) is 18.2 Å². The minimum absolute atomic E-state index is 0.210. The molecular formula is C20H18BrN3O3. The highest BCUT2D eigenvalue weighted by Gasteiger charge is 2.09. The van der Waals surface area contributed by atoms with Crippen molar-refractivity contribution < 1.29 is 14.6 Å². The first-order chi connectivity index (χ1) is 13.0. The van der Waals surface area contributed by atoms with Gasteiger partial charge in [-0.05, 0) is 24.6 Å². The summed E-state index contributed by atoms with van der Waals surface area (Å²) >= 11 is 3.41. The van der Waals surface area contributed by atoms with Gasteiger partial charge in [0.15, 0.2) is 6.61 Å². The molecular weight excluding hydrogens is 410 g/mol. The van der Waals surface area contributed by atoms with E-state index in [4.69, 9.17) is 9.84 Å². The Hall–Kier alpha value is -2.93. The summed E-state index contributed by atoms with van der Waals surface area (Å²) in [6, 6.07) is 17.4. The number of ether oxygens (including phenoxy) is 1. The molecule has 27 heavy (non-hydrogen) atoms. The van der Waals surface area contributed by atoms with Gasteiger partial charge < -0.3 is 15.2 Å². The molecule has 2 aromatic carbocycles. The maximum Gasteiger partial charge on any atom is 0.341 e. The molecule has 6 nitrogen and oxygen atoms in total. The topological polar surface area (TPSA) is 84.3 Å². The molecule has 0 spiro atoms. The third kappa shape index (κ3) is 5.52. The Labute approximate surface area is 165 Å². The molecule has 1 aromatic heterocycles. The quantitative estimate of drug-likeness (QED) is 0.584. The first-order valence-electron chi connectivity index (χ1n) is 8.28. The minimum atomic E-state index is -1.06. The Kier molecular flexibility index (Phi) is 6.03. The van der Waals surface area contributed by atoms with E-state index < -0.39 is 12.6 Å². The lowest BCUT2D eigenvalue weighted by atomic mass is 10.1. The molecule has 1 heterocycles. The van der Waals surface area contributed by atoms with Gasteiger partial charge in [-0.3, -0.25) is 0 Å². The maximum atomic E-state index is 10.8. The Morgan fingerprint density at radius 3 is 2.48 bits per heavy atom. The fraction of sp³-hybridized carbons (Fsp3) is 0.150. The van der Waals surface area contributed by atoms with Crippen LogP contribution in [-0.2, 0) is 11.3 Å². The number of aliphatic carboxylic acids is 1. The highest BCUT2D eigenvalue weighted by molar-refractivity contribution is 9.10. The molecule has 3 rings (SSSR count). The molecule has 0 unspecified atom stereocenters. The van der Waals surface area contributed by atoms with E-state index >= 15 is 0 Å². The molecule has 0 radical (unpaired) electrons. The monoisotopic (exact) mass is 427 g/mol. The fourth-order valence-corrected chi connectivity index (χ4v) is 2.63. The van der Waals surface area contributed by atoms with Gasteiger partial charge in [0.2, 0.25) is 11.8 Å². The van der Waals surface area contributed by atoms with Gasteiger partial charge in [0.05, 0.1) is 5.69 Å². The Balaban J connectivity index is 1.85. The van der Waals surface area contributed by atoms with E-state index in [1.807, 2.05) is 55.5 Å². The number of carboxylic acids is 1. The first kappa shape index (κ1) is 18.8. The zero-order valence-electron chi connectivity index (χ0n) is 14.6. The number of hydrogen-bond donors (Lipinski definition) is 2. The molecule has 0 aliphatic rings. The van der Waals surface area contributed by atoms with Crippen molar-refractivity contribution in [2.45, 2.75) is 13.5 Å². The van der Waals surface area contributed by atoms with Gasteiger partial charge in [0.1, 0.15) is 0 Å². The largest absolute Gasteiger partial charge is 0.479 e. The number of hydrogen-bond acceptors (Lipinski definition) is 5. The van der Waals surface area contributed by atoms with Crippen LogP contribution < -0.4 is 10.1 Å². The van der Waals surface area contributed by atoms with Crippen LogP contribution in [0.2, 0.25) is 0 Å². The molecule has 0 aliphatic heterocycles. The van der Waals surface area contributed by atoms with Gasteiger partial charge in [-0.2, -0.15) is 4.98 Å². The summed E-state index contributed by atoms with van der Waals surface area (Å²) in [7, 11) is 0. The Morgan fingerprint density at radius 2 is 1.81 bits per heavy atom. The van der Waals surface area contributed by atoms with E-state index in [0.717, 1.165) is 21.2 Å². The molecule has 0 bridgehead atoms. The van der Waals surface area contributed by atoms with Crippen LogP contribution in [0.1, 0.15) is 11.1 Å². The lowest BCUT2D eigenvalue weighted by Crippen LogP contribution is -2.12.